The van der Waals surface area contributed by atoms with Crippen LogP contribution in [-0.4, -0.2) is 0 Å². The van der Waals surface area contributed by atoms with E-state index in [2.05, 4.69) is 205 Å². The van der Waals surface area contributed by atoms with E-state index in [-0.39, 0.29) is 0 Å². The monoisotopic (exact) mass is 753 g/mol. The average Bonchev–Trinajstić information content (AvgIpc) is 3.88. The number of anilines is 3. The third kappa shape index (κ3) is 5.44. The van der Waals surface area contributed by atoms with Gasteiger partial charge in [-0.15, -0.1) is 0 Å². The molecule has 0 aliphatic rings. The van der Waals surface area contributed by atoms with Crippen molar-refractivity contribution in [3.05, 3.63) is 212 Å². The second-order valence-electron chi connectivity index (χ2n) is 15.2. The first-order valence-corrected chi connectivity index (χ1v) is 20.1. The van der Waals surface area contributed by atoms with E-state index in [1.54, 1.807) is 0 Å². The highest BCUT2D eigenvalue weighted by atomic mass is 16.3. The van der Waals surface area contributed by atoms with Gasteiger partial charge in [0, 0.05) is 38.7 Å². The molecule has 0 spiro atoms. The summed E-state index contributed by atoms with van der Waals surface area (Å²) in [6.45, 7) is 0. The highest BCUT2D eigenvalue weighted by Gasteiger charge is 2.23. The molecule has 0 saturated carbocycles. The molecule has 3 nitrogen and oxygen atoms in total. The fourth-order valence-corrected chi connectivity index (χ4v) is 9.05. The molecule has 0 aliphatic heterocycles. The Kier molecular flexibility index (Phi) is 7.54. The lowest BCUT2D eigenvalue weighted by molar-refractivity contribution is 0.670. The number of hydrogen-bond acceptors (Lipinski definition) is 3. The zero-order valence-electron chi connectivity index (χ0n) is 32.0. The maximum Gasteiger partial charge on any atom is 0.143 e. The molecule has 0 unspecified atom stereocenters. The van der Waals surface area contributed by atoms with Gasteiger partial charge < -0.3 is 13.7 Å². The molecule has 0 atom stereocenters. The third-order valence-electron chi connectivity index (χ3n) is 11.8. The van der Waals surface area contributed by atoms with Gasteiger partial charge in [0.1, 0.15) is 22.3 Å². The molecule has 3 heteroatoms. The van der Waals surface area contributed by atoms with Crippen molar-refractivity contribution >= 4 is 82.5 Å². The molecule has 0 amide bonds. The Hall–Kier alpha value is -7.88. The summed E-state index contributed by atoms with van der Waals surface area (Å²) in [4.78, 5) is 2.36. The van der Waals surface area contributed by atoms with E-state index >= 15 is 0 Å². The lowest BCUT2D eigenvalue weighted by Crippen LogP contribution is -2.10. The maximum absolute atomic E-state index is 7.00. The van der Waals surface area contributed by atoms with Gasteiger partial charge in [0.05, 0.1) is 11.1 Å². The summed E-state index contributed by atoms with van der Waals surface area (Å²) < 4.78 is 13.5. The van der Waals surface area contributed by atoms with E-state index < -0.39 is 0 Å². The van der Waals surface area contributed by atoms with E-state index in [0.29, 0.717) is 0 Å². The molecule has 0 radical (unpaired) electrons. The van der Waals surface area contributed by atoms with Crippen molar-refractivity contribution in [3.8, 4) is 33.4 Å². The molecule has 2 aromatic heterocycles. The van der Waals surface area contributed by atoms with E-state index in [1.165, 1.54) is 32.7 Å². The largest absolute Gasteiger partial charge is 0.455 e. The Labute approximate surface area is 340 Å². The van der Waals surface area contributed by atoms with Crippen molar-refractivity contribution in [1.29, 1.82) is 0 Å². The van der Waals surface area contributed by atoms with Gasteiger partial charge in [0.25, 0.3) is 0 Å². The molecule has 0 N–H and O–H groups in total. The zero-order chi connectivity index (χ0) is 38.9. The molecule has 0 saturated heterocycles. The predicted octanol–water partition coefficient (Wildman–Crippen LogP) is 16.3. The van der Waals surface area contributed by atoms with E-state index in [9.17, 15) is 0 Å². The van der Waals surface area contributed by atoms with Gasteiger partial charge in [-0.2, -0.15) is 0 Å². The smallest absolute Gasteiger partial charge is 0.143 e. The number of nitrogens with zero attached hydrogens (tertiary/aromatic N) is 1. The third-order valence-corrected chi connectivity index (χ3v) is 11.8. The lowest BCUT2D eigenvalue weighted by atomic mass is 9.93. The second kappa shape index (κ2) is 13.4. The molecule has 12 rings (SSSR count). The van der Waals surface area contributed by atoms with Gasteiger partial charge in [0.15, 0.2) is 0 Å². The highest BCUT2D eigenvalue weighted by molar-refractivity contribution is 6.22. The molecule has 276 valence electrons. The second-order valence-corrected chi connectivity index (χ2v) is 15.2. The number of benzene rings is 10. The Morgan fingerprint density at radius 2 is 0.915 bits per heavy atom. The van der Waals surface area contributed by atoms with Gasteiger partial charge in [-0.25, -0.2) is 0 Å². The van der Waals surface area contributed by atoms with Crippen LogP contribution in [0.1, 0.15) is 0 Å². The van der Waals surface area contributed by atoms with Crippen LogP contribution >= 0.6 is 0 Å². The minimum atomic E-state index is 0.842. The average molecular weight is 754 g/mol. The minimum Gasteiger partial charge on any atom is -0.455 e. The number of fused-ring (bicyclic) bond motifs is 8. The molecule has 59 heavy (non-hydrogen) atoms. The van der Waals surface area contributed by atoms with Gasteiger partial charge >= 0.3 is 0 Å². The van der Waals surface area contributed by atoms with Crippen LogP contribution in [0.15, 0.2) is 221 Å². The van der Waals surface area contributed by atoms with Gasteiger partial charge in [-0.1, -0.05) is 158 Å². The van der Waals surface area contributed by atoms with E-state index in [4.69, 9.17) is 8.83 Å². The van der Waals surface area contributed by atoms with Gasteiger partial charge in [0.2, 0.25) is 0 Å². The summed E-state index contributed by atoms with van der Waals surface area (Å²) >= 11 is 0. The van der Waals surface area contributed by atoms with Gasteiger partial charge in [-0.3, -0.25) is 0 Å². The van der Waals surface area contributed by atoms with E-state index in [0.717, 1.165) is 83.2 Å². The number of para-hydroxylation sites is 2. The van der Waals surface area contributed by atoms with Crippen LogP contribution in [0.5, 0.6) is 0 Å². The van der Waals surface area contributed by atoms with Crippen molar-refractivity contribution in [2.24, 2.45) is 0 Å². The molecule has 0 fully saturated rings. The van der Waals surface area contributed by atoms with Crippen LogP contribution in [0.2, 0.25) is 0 Å². The normalized spacial score (nSPS) is 11.7. The SMILES string of the molecule is c1ccc(-c2ccc(N(c3ccc(-c4cccc5c4oc4ccccc45)cc3)c3cccc4oc5c(-c6ccc7ccccc7c6)c6ccccc6cc5c34)cc2)cc1. The van der Waals surface area contributed by atoms with Crippen LogP contribution in [-0.2, 0) is 0 Å². The molecule has 2 heterocycles. The highest BCUT2D eigenvalue weighted by Crippen LogP contribution is 2.48. The summed E-state index contributed by atoms with van der Waals surface area (Å²) in [6, 6.07) is 75.6. The lowest BCUT2D eigenvalue weighted by Gasteiger charge is -2.26. The Bertz CT molecular complexity index is 3540. The minimum absolute atomic E-state index is 0.842. The zero-order valence-corrected chi connectivity index (χ0v) is 32.0. The fourth-order valence-electron chi connectivity index (χ4n) is 9.05. The van der Waals surface area contributed by atoms with Crippen LogP contribution in [0, 0.1) is 0 Å². The fraction of sp³-hybridized carbons (Fsp3) is 0. The predicted molar refractivity (Wildman–Crippen MR) is 247 cm³/mol. The molecule has 12 aromatic rings. The number of hydrogen-bond donors (Lipinski definition) is 0. The quantitative estimate of drug-likeness (QED) is 0.169. The molecule has 10 aromatic carbocycles. The summed E-state index contributed by atoms with van der Waals surface area (Å²) in [5.41, 5.74) is 13.4. The first kappa shape index (κ1) is 33.3. The summed E-state index contributed by atoms with van der Waals surface area (Å²) in [5, 5.41) is 9.15. The van der Waals surface area contributed by atoms with Crippen molar-refractivity contribution in [2.45, 2.75) is 0 Å². The summed E-state index contributed by atoms with van der Waals surface area (Å²) in [6.07, 6.45) is 0. The van der Waals surface area contributed by atoms with Crippen LogP contribution in [0.3, 0.4) is 0 Å². The Balaban J connectivity index is 1.07. The van der Waals surface area contributed by atoms with E-state index in [1.807, 2.05) is 12.1 Å². The number of rotatable bonds is 6. The summed E-state index contributed by atoms with van der Waals surface area (Å²) in [7, 11) is 0. The molecular formula is C56H35NO2. The van der Waals surface area contributed by atoms with Crippen molar-refractivity contribution < 1.29 is 8.83 Å². The van der Waals surface area contributed by atoms with Crippen LogP contribution < -0.4 is 4.90 Å². The van der Waals surface area contributed by atoms with Gasteiger partial charge in [-0.05, 0) is 98.4 Å². The first-order chi connectivity index (χ1) is 29.2. The van der Waals surface area contributed by atoms with Crippen molar-refractivity contribution in [1.82, 2.24) is 0 Å². The molecule has 0 bridgehead atoms. The van der Waals surface area contributed by atoms with Crippen molar-refractivity contribution in [2.75, 3.05) is 4.90 Å². The maximum atomic E-state index is 7.00. The van der Waals surface area contributed by atoms with Crippen LogP contribution in [0.4, 0.5) is 17.1 Å². The topological polar surface area (TPSA) is 29.5 Å². The Morgan fingerprint density at radius 1 is 0.322 bits per heavy atom. The molecule has 0 aliphatic carbocycles. The van der Waals surface area contributed by atoms with Crippen molar-refractivity contribution in [3.63, 3.8) is 0 Å². The summed E-state index contributed by atoms with van der Waals surface area (Å²) in [5.74, 6) is 0. The van der Waals surface area contributed by atoms with Crippen LogP contribution in [0.25, 0.3) is 98.8 Å². The Morgan fingerprint density at radius 3 is 1.73 bits per heavy atom. The standard InChI is InChI=1S/C56H35NO2/c1-2-12-36(13-3-1)38-26-30-43(31-27-38)57(44-32-28-39(29-33-44)46-19-10-20-48-47-18-8-9-22-51(47)58-55(46)48)50-21-11-23-52-54(50)49-35-41-16-6-7-17-45(41)53(56(49)59-52)42-25-24-37-14-4-5-15-40(37)34-42/h1-35H. The molecular weight excluding hydrogens is 719 g/mol. The first-order valence-electron chi connectivity index (χ1n) is 20.1. The number of furan rings is 2.